The smallest absolute Gasteiger partial charge is 0.329 e. The van der Waals surface area contributed by atoms with Gasteiger partial charge in [0, 0.05) is 37.0 Å². The second-order valence-corrected chi connectivity index (χ2v) is 5.82. The Hall–Kier alpha value is -3.49. The fourth-order valence-electron chi connectivity index (χ4n) is 2.56. The van der Waals surface area contributed by atoms with Crippen molar-refractivity contribution in [2.45, 2.75) is 6.18 Å². The Labute approximate surface area is 157 Å². The fourth-order valence-corrected chi connectivity index (χ4v) is 2.56. The van der Waals surface area contributed by atoms with Crippen molar-refractivity contribution in [1.82, 2.24) is 9.97 Å². The molecular formula is C19H14F4N4O. The van der Waals surface area contributed by atoms with E-state index >= 15 is 0 Å². The van der Waals surface area contributed by atoms with Crippen LogP contribution in [0.1, 0.15) is 15.9 Å². The number of nitrogens with zero attached hydrogens (tertiary/aromatic N) is 3. The van der Waals surface area contributed by atoms with Crippen molar-refractivity contribution in [2.24, 2.45) is 0 Å². The van der Waals surface area contributed by atoms with Gasteiger partial charge in [0.05, 0.1) is 11.1 Å². The summed E-state index contributed by atoms with van der Waals surface area (Å²) < 4.78 is 52.2. The molecule has 1 aromatic carbocycles. The van der Waals surface area contributed by atoms with E-state index in [1.165, 1.54) is 18.3 Å². The first-order chi connectivity index (χ1) is 13.3. The molecule has 0 saturated carbocycles. The number of amides is 1. The lowest BCUT2D eigenvalue weighted by atomic mass is 10.1. The summed E-state index contributed by atoms with van der Waals surface area (Å²) in [5.41, 5.74) is -0.686. The Kier molecular flexibility index (Phi) is 5.25. The van der Waals surface area contributed by atoms with Gasteiger partial charge in [-0.25, -0.2) is 9.37 Å². The lowest BCUT2D eigenvalue weighted by molar-refractivity contribution is -0.137. The number of carbonyl (C=O) groups is 1. The standard InChI is InChI=1S/C19H14F4N4O/c1-27(15-4-7-24-8-5-15)17-16(3-2-6-25-17)18(28)26-14-10-12(19(21,22)23)9-13(20)11-14/h2-11H,1H3,(H,26,28). The van der Waals surface area contributed by atoms with Crippen molar-refractivity contribution in [3.05, 3.63) is 78.0 Å². The first-order valence-electron chi connectivity index (χ1n) is 8.03. The van der Waals surface area contributed by atoms with Crippen LogP contribution >= 0.6 is 0 Å². The summed E-state index contributed by atoms with van der Waals surface area (Å²) in [7, 11) is 1.68. The summed E-state index contributed by atoms with van der Waals surface area (Å²) >= 11 is 0. The number of hydrogen-bond donors (Lipinski definition) is 1. The first-order valence-corrected chi connectivity index (χ1v) is 8.03. The second-order valence-electron chi connectivity index (χ2n) is 5.82. The molecular weight excluding hydrogens is 376 g/mol. The average molecular weight is 390 g/mol. The molecule has 5 nitrogen and oxygen atoms in total. The monoisotopic (exact) mass is 390 g/mol. The number of nitrogens with one attached hydrogen (secondary N) is 1. The van der Waals surface area contributed by atoms with Gasteiger partial charge in [-0.3, -0.25) is 9.78 Å². The SMILES string of the molecule is CN(c1ccncc1)c1ncccc1C(=O)Nc1cc(F)cc(C(F)(F)F)c1. The number of aromatic nitrogens is 2. The molecule has 1 N–H and O–H groups in total. The first kappa shape index (κ1) is 19.3. The van der Waals surface area contributed by atoms with E-state index in [4.69, 9.17) is 0 Å². The number of hydrogen-bond acceptors (Lipinski definition) is 4. The minimum absolute atomic E-state index is 0.111. The van der Waals surface area contributed by atoms with Crippen LogP contribution in [0.2, 0.25) is 0 Å². The van der Waals surface area contributed by atoms with E-state index in [1.807, 2.05) is 0 Å². The molecule has 0 aliphatic heterocycles. The Morgan fingerprint density at radius 3 is 2.46 bits per heavy atom. The Morgan fingerprint density at radius 2 is 1.79 bits per heavy atom. The molecule has 0 radical (unpaired) electrons. The highest BCUT2D eigenvalue weighted by Gasteiger charge is 2.31. The van der Waals surface area contributed by atoms with E-state index in [0.29, 0.717) is 17.8 Å². The molecule has 28 heavy (non-hydrogen) atoms. The van der Waals surface area contributed by atoms with Crippen LogP contribution in [0.15, 0.2) is 61.1 Å². The molecule has 3 rings (SSSR count). The number of rotatable bonds is 4. The van der Waals surface area contributed by atoms with E-state index in [2.05, 4.69) is 15.3 Å². The molecule has 0 bridgehead atoms. The Morgan fingerprint density at radius 1 is 1.07 bits per heavy atom. The van der Waals surface area contributed by atoms with Crippen LogP contribution in [-0.4, -0.2) is 22.9 Å². The number of benzene rings is 1. The molecule has 1 amide bonds. The molecule has 0 saturated heterocycles. The van der Waals surface area contributed by atoms with Crippen LogP contribution in [0.5, 0.6) is 0 Å². The number of pyridine rings is 2. The van der Waals surface area contributed by atoms with E-state index < -0.39 is 23.5 Å². The Balaban J connectivity index is 1.92. The zero-order valence-corrected chi connectivity index (χ0v) is 14.5. The maximum absolute atomic E-state index is 13.6. The van der Waals surface area contributed by atoms with Crippen LogP contribution in [0.4, 0.5) is 34.8 Å². The van der Waals surface area contributed by atoms with Crippen molar-refractivity contribution >= 4 is 23.1 Å². The highest BCUT2D eigenvalue weighted by molar-refractivity contribution is 6.08. The van der Waals surface area contributed by atoms with Crippen LogP contribution < -0.4 is 10.2 Å². The minimum Gasteiger partial charge on any atom is -0.329 e. The lowest BCUT2D eigenvalue weighted by Crippen LogP contribution is -2.20. The maximum atomic E-state index is 13.6. The molecule has 144 valence electrons. The van der Waals surface area contributed by atoms with Gasteiger partial charge in [-0.1, -0.05) is 0 Å². The zero-order valence-electron chi connectivity index (χ0n) is 14.5. The third-order valence-electron chi connectivity index (χ3n) is 3.88. The number of anilines is 3. The molecule has 0 aliphatic carbocycles. The largest absolute Gasteiger partial charge is 0.416 e. The van der Waals surface area contributed by atoms with Gasteiger partial charge < -0.3 is 10.2 Å². The molecule has 0 atom stereocenters. The van der Waals surface area contributed by atoms with Crippen LogP contribution in [-0.2, 0) is 6.18 Å². The quantitative estimate of drug-likeness (QED) is 0.659. The number of halogens is 4. The fraction of sp³-hybridized carbons (Fsp3) is 0.105. The van der Waals surface area contributed by atoms with E-state index in [1.54, 1.807) is 36.5 Å². The second kappa shape index (κ2) is 7.63. The minimum atomic E-state index is -4.73. The zero-order chi connectivity index (χ0) is 20.3. The van der Waals surface area contributed by atoms with Crippen LogP contribution in [0.3, 0.4) is 0 Å². The van der Waals surface area contributed by atoms with Gasteiger partial charge in [-0.05, 0) is 42.5 Å². The molecule has 0 unspecified atom stereocenters. The van der Waals surface area contributed by atoms with Crippen LogP contribution in [0.25, 0.3) is 0 Å². The molecule has 2 heterocycles. The third-order valence-corrected chi connectivity index (χ3v) is 3.88. The predicted molar refractivity (Wildman–Crippen MR) is 95.9 cm³/mol. The van der Waals surface area contributed by atoms with E-state index in [-0.39, 0.29) is 17.1 Å². The van der Waals surface area contributed by atoms with Crippen molar-refractivity contribution in [1.29, 1.82) is 0 Å². The maximum Gasteiger partial charge on any atom is 0.416 e. The van der Waals surface area contributed by atoms with Crippen molar-refractivity contribution in [3.8, 4) is 0 Å². The van der Waals surface area contributed by atoms with Gasteiger partial charge in [0.2, 0.25) is 0 Å². The molecule has 9 heteroatoms. The molecule has 0 aliphatic rings. The van der Waals surface area contributed by atoms with Gasteiger partial charge in [-0.15, -0.1) is 0 Å². The highest BCUT2D eigenvalue weighted by atomic mass is 19.4. The summed E-state index contributed by atoms with van der Waals surface area (Å²) in [5.74, 6) is -1.55. The third kappa shape index (κ3) is 4.25. The van der Waals surface area contributed by atoms with Gasteiger partial charge in [0.15, 0.2) is 0 Å². The summed E-state index contributed by atoms with van der Waals surface area (Å²) in [5, 5.41) is 2.30. The van der Waals surface area contributed by atoms with Crippen molar-refractivity contribution in [2.75, 3.05) is 17.3 Å². The average Bonchev–Trinajstić information content (AvgIpc) is 2.67. The van der Waals surface area contributed by atoms with Gasteiger partial charge in [-0.2, -0.15) is 13.2 Å². The molecule has 0 spiro atoms. The van der Waals surface area contributed by atoms with Crippen molar-refractivity contribution in [3.63, 3.8) is 0 Å². The highest BCUT2D eigenvalue weighted by Crippen LogP contribution is 2.32. The Bertz CT molecular complexity index is 993. The van der Waals surface area contributed by atoms with Gasteiger partial charge in [0.1, 0.15) is 11.6 Å². The summed E-state index contributed by atoms with van der Waals surface area (Å²) in [6, 6.07) is 8.25. The number of carbonyl (C=O) groups excluding carboxylic acids is 1. The van der Waals surface area contributed by atoms with Gasteiger partial charge in [0.25, 0.3) is 5.91 Å². The van der Waals surface area contributed by atoms with Crippen LogP contribution in [0, 0.1) is 5.82 Å². The summed E-state index contributed by atoms with van der Waals surface area (Å²) in [6.45, 7) is 0. The topological polar surface area (TPSA) is 58.1 Å². The lowest BCUT2D eigenvalue weighted by Gasteiger charge is -2.20. The molecule has 0 fully saturated rings. The normalized spacial score (nSPS) is 11.2. The van der Waals surface area contributed by atoms with Gasteiger partial charge >= 0.3 is 6.18 Å². The predicted octanol–water partition coefficient (Wildman–Crippen LogP) is 4.65. The van der Waals surface area contributed by atoms with Crippen molar-refractivity contribution < 1.29 is 22.4 Å². The van der Waals surface area contributed by atoms with E-state index in [9.17, 15) is 22.4 Å². The van der Waals surface area contributed by atoms with E-state index in [0.717, 1.165) is 6.07 Å². The number of alkyl halides is 3. The summed E-state index contributed by atoms with van der Waals surface area (Å²) in [6.07, 6.45) is -0.115. The molecule has 2 aromatic heterocycles. The summed E-state index contributed by atoms with van der Waals surface area (Å²) in [4.78, 5) is 22.4. The molecule has 3 aromatic rings.